The van der Waals surface area contributed by atoms with Crippen LogP contribution in [0.2, 0.25) is 5.15 Å². The number of hydrogen-bond donors (Lipinski definition) is 1. The van der Waals surface area contributed by atoms with E-state index in [-0.39, 0.29) is 21.6 Å². The van der Waals surface area contributed by atoms with Gasteiger partial charge < -0.3 is 0 Å². The molecular formula is C6H8ClN7O2S. The van der Waals surface area contributed by atoms with Crippen molar-refractivity contribution in [3.8, 4) is 11.4 Å². The van der Waals surface area contributed by atoms with Crippen molar-refractivity contribution >= 4 is 21.6 Å². The average Bonchev–Trinajstić information content (AvgIpc) is 2.68. The van der Waals surface area contributed by atoms with Gasteiger partial charge in [-0.05, 0) is 5.21 Å². The quantitative estimate of drug-likeness (QED) is 0.744. The second-order valence-corrected chi connectivity index (χ2v) is 5.08. The van der Waals surface area contributed by atoms with Gasteiger partial charge in [0.2, 0.25) is 5.82 Å². The second-order valence-electron chi connectivity index (χ2n) is 3.24. The van der Waals surface area contributed by atoms with Gasteiger partial charge in [0.1, 0.15) is 5.56 Å². The topological polar surface area (TPSA) is 122 Å². The van der Waals surface area contributed by atoms with Gasteiger partial charge in [0, 0.05) is 7.05 Å². The molecule has 2 rings (SSSR count). The molecule has 9 nitrogen and oxygen atoms in total. The van der Waals surface area contributed by atoms with Gasteiger partial charge in [-0.15, -0.1) is 10.2 Å². The summed E-state index contributed by atoms with van der Waals surface area (Å²) in [7, 11) is -1.04. The maximum atomic E-state index is 11.4. The van der Waals surface area contributed by atoms with E-state index < -0.39 is 10.0 Å². The fraction of sp³-hybridized carbons (Fsp3) is 0.333. The SMILES string of the molecule is Cn1nnc(-c2c(Cl)nn(C)c2S(N)(=O)=O)n1. The van der Waals surface area contributed by atoms with Crippen LogP contribution in [0.5, 0.6) is 0 Å². The molecule has 0 aliphatic heterocycles. The molecular weight excluding hydrogens is 270 g/mol. The molecule has 0 aromatic carbocycles. The van der Waals surface area contributed by atoms with Crippen LogP contribution in [0.3, 0.4) is 0 Å². The number of nitrogens with zero attached hydrogens (tertiary/aromatic N) is 6. The monoisotopic (exact) mass is 277 g/mol. The Labute approximate surface area is 101 Å². The number of hydrogen-bond acceptors (Lipinski definition) is 6. The highest BCUT2D eigenvalue weighted by molar-refractivity contribution is 7.89. The number of halogens is 1. The van der Waals surface area contributed by atoms with E-state index in [1.165, 1.54) is 18.9 Å². The zero-order chi connectivity index (χ0) is 12.8. The zero-order valence-corrected chi connectivity index (χ0v) is 10.4. The smallest absolute Gasteiger partial charge is 0.254 e. The fourth-order valence-corrected chi connectivity index (χ4v) is 2.60. The molecule has 0 radical (unpaired) electrons. The van der Waals surface area contributed by atoms with E-state index in [2.05, 4.69) is 20.5 Å². The minimum Gasteiger partial charge on any atom is -0.254 e. The van der Waals surface area contributed by atoms with Crippen molar-refractivity contribution < 1.29 is 8.42 Å². The molecule has 2 aromatic rings. The van der Waals surface area contributed by atoms with Crippen LogP contribution in [0.4, 0.5) is 0 Å². The van der Waals surface area contributed by atoms with Crippen LogP contribution in [0.1, 0.15) is 0 Å². The van der Waals surface area contributed by atoms with Crippen LogP contribution in [0, 0.1) is 0 Å². The standard InChI is InChI=1S/C6H8ClN7O2S/c1-13-6(17(8,15)16)3(4(7)10-13)5-9-12-14(2)11-5/h1-2H3,(H2,8,15,16). The molecule has 0 saturated carbocycles. The molecule has 0 saturated heterocycles. The summed E-state index contributed by atoms with van der Waals surface area (Å²) in [6.45, 7) is 0. The summed E-state index contributed by atoms with van der Waals surface area (Å²) in [6.07, 6.45) is 0. The first-order valence-corrected chi connectivity index (χ1v) is 6.23. The molecule has 17 heavy (non-hydrogen) atoms. The second kappa shape index (κ2) is 3.75. The molecule has 0 aliphatic rings. The van der Waals surface area contributed by atoms with Crippen LogP contribution in [0.25, 0.3) is 11.4 Å². The third-order valence-corrected chi connectivity index (χ3v) is 3.23. The highest BCUT2D eigenvalue weighted by atomic mass is 35.5. The van der Waals surface area contributed by atoms with E-state index in [0.717, 1.165) is 4.68 Å². The van der Waals surface area contributed by atoms with Crippen LogP contribution < -0.4 is 5.14 Å². The van der Waals surface area contributed by atoms with Crippen molar-refractivity contribution in [2.75, 3.05) is 0 Å². The van der Waals surface area contributed by atoms with E-state index in [1.54, 1.807) is 0 Å². The Morgan fingerprint density at radius 3 is 2.41 bits per heavy atom. The Kier molecular flexibility index (Phi) is 2.64. The van der Waals surface area contributed by atoms with Crippen molar-refractivity contribution in [1.82, 2.24) is 30.0 Å². The van der Waals surface area contributed by atoms with E-state index in [0.29, 0.717) is 0 Å². The van der Waals surface area contributed by atoms with Gasteiger partial charge >= 0.3 is 0 Å². The summed E-state index contributed by atoms with van der Waals surface area (Å²) >= 11 is 5.83. The minimum absolute atomic E-state index is 0.0461. The maximum Gasteiger partial charge on any atom is 0.256 e. The summed E-state index contributed by atoms with van der Waals surface area (Å²) in [5.74, 6) is 0.0506. The number of primary sulfonamides is 1. The van der Waals surface area contributed by atoms with Gasteiger partial charge in [-0.1, -0.05) is 11.6 Å². The van der Waals surface area contributed by atoms with Crippen LogP contribution in [-0.2, 0) is 24.1 Å². The van der Waals surface area contributed by atoms with E-state index in [4.69, 9.17) is 16.7 Å². The highest BCUT2D eigenvalue weighted by Gasteiger charge is 2.27. The van der Waals surface area contributed by atoms with Crippen LogP contribution >= 0.6 is 11.6 Å². The minimum atomic E-state index is -3.98. The first-order chi connectivity index (χ1) is 7.80. The summed E-state index contributed by atoms with van der Waals surface area (Å²) < 4.78 is 23.9. The molecule has 0 amide bonds. The number of rotatable bonds is 2. The predicted octanol–water partition coefficient (Wildman–Crippen LogP) is -1.09. The Balaban J connectivity index is 2.78. The van der Waals surface area contributed by atoms with Crippen LogP contribution in [-0.4, -0.2) is 38.4 Å². The molecule has 11 heteroatoms. The van der Waals surface area contributed by atoms with Gasteiger partial charge in [0.15, 0.2) is 10.2 Å². The van der Waals surface area contributed by atoms with Gasteiger partial charge in [0.05, 0.1) is 7.05 Å². The van der Waals surface area contributed by atoms with E-state index >= 15 is 0 Å². The predicted molar refractivity (Wildman–Crippen MR) is 57.4 cm³/mol. The first-order valence-electron chi connectivity index (χ1n) is 4.30. The molecule has 2 heterocycles. The number of aromatic nitrogens is 6. The summed E-state index contributed by atoms with van der Waals surface area (Å²) in [5, 5.41) is 19.7. The number of nitrogens with two attached hydrogens (primary N) is 1. The highest BCUT2D eigenvalue weighted by Crippen LogP contribution is 2.29. The third kappa shape index (κ3) is 2.01. The molecule has 0 bridgehead atoms. The normalized spacial score (nSPS) is 12.0. The maximum absolute atomic E-state index is 11.4. The zero-order valence-electron chi connectivity index (χ0n) is 8.86. The van der Waals surface area contributed by atoms with Gasteiger partial charge in [-0.25, -0.2) is 13.6 Å². The lowest BCUT2D eigenvalue weighted by Crippen LogP contribution is -2.17. The Morgan fingerprint density at radius 1 is 1.29 bits per heavy atom. The summed E-state index contributed by atoms with van der Waals surface area (Å²) in [4.78, 5) is 1.17. The molecule has 2 N–H and O–H groups in total. The summed E-state index contributed by atoms with van der Waals surface area (Å²) in [6, 6.07) is 0. The van der Waals surface area contributed by atoms with E-state index in [1.807, 2.05) is 0 Å². The van der Waals surface area contributed by atoms with Crippen molar-refractivity contribution in [2.24, 2.45) is 19.2 Å². The molecule has 0 fully saturated rings. The van der Waals surface area contributed by atoms with Crippen LogP contribution in [0.15, 0.2) is 5.03 Å². The number of sulfonamides is 1. The van der Waals surface area contributed by atoms with Gasteiger partial charge in [-0.2, -0.15) is 9.90 Å². The molecule has 2 aromatic heterocycles. The van der Waals surface area contributed by atoms with Crippen molar-refractivity contribution in [3.05, 3.63) is 5.15 Å². The molecule has 0 atom stereocenters. The first kappa shape index (κ1) is 12.0. The van der Waals surface area contributed by atoms with Crippen molar-refractivity contribution in [1.29, 1.82) is 0 Å². The molecule has 92 valence electrons. The largest absolute Gasteiger partial charge is 0.256 e. The molecule has 0 aliphatic carbocycles. The Hall–Kier alpha value is -1.52. The lowest BCUT2D eigenvalue weighted by atomic mass is 10.3. The Morgan fingerprint density at radius 2 is 1.94 bits per heavy atom. The van der Waals surface area contributed by atoms with E-state index in [9.17, 15) is 8.42 Å². The van der Waals surface area contributed by atoms with Crippen molar-refractivity contribution in [2.45, 2.75) is 5.03 Å². The van der Waals surface area contributed by atoms with Crippen molar-refractivity contribution in [3.63, 3.8) is 0 Å². The summed E-state index contributed by atoms with van der Waals surface area (Å²) in [5.41, 5.74) is 0.0461. The third-order valence-electron chi connectivity index (χ3n) is 1.95. The fourth-order valence-electron chi connectivity index (χ4n) is 1.38. The average molecular weight is 278 g/mol. The van der Waals surface area contributed by atoms with Gasteiger partial charge in [-0.3, -0.25) is 4.68 Å². The molecule has 0 unspecified atom stereocenters. The lowest BCUT2D eigenvalue weighted by Gasteiger charge is -1.99. The molecule has 0 spiro atoms. The van der Waals surface area contributed by atoms with Gasteiger partial charge in [0.25, 0.3) is 10.0 Å². The number of tetrazole rings is 1. The number of aryl methyl sites for hydroxylation is 2. The Bertz CT molecular complexity index is 673. The lowest BCUT2D eigenvalue weighted by molar-refractivity contribution is 0.579.